The summed E-state index contributed by atoms with van der Waals surface area (Å²) in [5.41, 5.74) is 6.56. The number of ether oxygens (including phenoxy) is 1. The number of nitrogens with two attached hydrogens (primary N) is 1. The fourth-order valence-electron chi connectivity index (χ4n) is 1.45. The van der Waals surface area contributed by atoms with Gasteiger partial charge in [-0.1, -0.05) is 15.9 Å². The summed E-state index contributed by atoms with van der Waals surface area (Å²) < 4.78 is 5.58. The molecule has 0 aliphatic rings. The topological polar surface area (TPSA) is 84.6 Å². The molecule has 0 radical (unpaired) electrons. The van der Waals surface area contributed by atoms with Gasteiger partial charge in [-0.05, 0) is 24.6 Å². The zero-order valence-electron chi connectivity index (χ0n) is 10.1. The molecule has 0 spiro atoms. The van der Waals surface area contributed by atoms with Crippen molar-refractivity contribution in [3.8, 4) is 0 Å². The third kappa shape index (κ3) is 4.64. The highest BCUT2D eigenvalue weighted by molar-refractivity contribution is 9.10. The molecule has 0 aliphatic carbocycles. The van der Waals surface area contributed by atoms with Crippen LogP contribution in [0.1, 0.15) is 16.8 Å². The summed E-state index contributed by atoms with van der Waals surface area (Å²) in [5.74, 6) is -0.251. The molecule has 0 bridgehead atoms. The standard InChI is InChI=1S/C12H17BrN2O3/c1-18-7-9(16)4-5-15-12(17)10-6-8(13)2-3-11(10)14/h2-3,6,9,16H,4-5,7,14H2,1H3,(H,15,17). The van der Waals surface area contributed by atoms with Crippen molar-refractivity contribution in [3.05, 3.63) is 28.2 Å². The molecule has 0 saturated carbocycles. The first-order valence-electron chi connectivity index (χ1n) is 5.54. The van der Waals surface area contributed by atoms with E-state index in [1.54, 1.807) is 18.2 Å². The number of halogens is 1. The molecular formula is C12H17BrN2O3. The number of benzene rings is 1. The number of nitrogen functional groups attached to an aromatic ring is 1. The number of amides is 1. The van der Waals surface area contributed by atoms with Gasteiger partial charge in [-0.25, -0.2) is 0 Å². The Bertz CT molecular complexity index is 412. The van der Waals surface area contributed by atoms with Crippen molar-refractivity contribution in [1.29, 1.82) is 0 Å². The monoisotopic (exact) mass is 316 g/mol. The third-order valence-corrected chi connectivity index (χ3v) is 2.88. The Kier molecular flexibility index (Phi) is 6.11. The van der Waals surface area contributed by atoms with Crippen LogP contribution < -0.4 is 11.1 Å². The first-order chi connectivity index (χ1) is 8.54. The van der Waals surface area contributed by atoms with Crippen molar-refractivity contribution in [1.82, 2.24) is 5.32 Å². The number of anilines is 1. The molecule has 0 saturated heterocycles. The molecule has 100 valence electrons. The average Bonchev–Trinajstić information content (AvgIpc) is 2.32. The van der Waals surface area contributed by atoms with Crippen molar-refractivity contribution in [2.24, 2.45) is 0 Å². The maximum atomic E-state index is 11.8. The van der Waals surface area contributed by atoms with E-state index >= 15 is 0 Å². The summed E-state index contributed by atoms with van der Waals surface area (Å²) in [4.78, 5) is 11.8. The molecule has 1 aromatic carbocycles. The Balaban J connectivity index is 2.48. The lowest BCUT2D eigenvalue weighted by molar-refractivity contribution is 0.0588. The van der Waals surface area contributed by atoms with Crippen LogP contribution in [-0.2, 0) is 4.74 Å². The molecule has 5 nitrogen and oxygen atoms in total. The van der Waals surface area contributed by atoms with Crippen LogP contribution in [0.15, 0.2) is 22.7 Å². The van der Waals surface area contributed by atoms with Gasteiger partial charge in [-0.15, -0.1) is 0 Å². The van der Waals surface area contributed by atoms with E-state index in [4.69, 9.17) is 10.5 Å². The largest absolute Gasteiger partial charge is 0.398 e. The van der Waals surface area contributed by atoms with Crippen LogP contribution >= 0.6 is 15.9 Å². The van der Waals surface area contributed by atoms with E-state index in [0.717, 1.165) is 4.47 Å². The average molecular weight is 317 g/mol. The maximum absolute atomic E-state index is 11.8. The van der Waals surface area contributed by atoms with Gasteiger partial charge in [0.2, 0.25) is 0 Å². The minimum absolute atomic E-state index is 0.251. The molecule has 0 heterocycles. The number of aliphatic hydroxyl groups is 1. The Hall–Kier alpha value is -1.11. The lowest BCUT2D eigenvalue weighted by atomic mass is 10.1. The second-order valence-electron chi connectivity index (χ2n) is 3.89. The van der Waals surface area contributed by atoms with Crippen molar-refractivity contribution in [2.45, 2.75) is 12.5 Å². The maximum Gasteiger partial charge on any atom is 0.253 e. The fraction of sp³-hybridized carbons (Fsp3) is 0.417. The summed E-state index contributed by atoms with van der Waals surface area (Å²) in [5, 5.41) is 12.1. The van der Waals surface area contributed by atoms with Crippen LogP contribution in [0.4, 0.5) is 5.69 Å². The molecule has 0 fully saturated rings. The molecule has 4 N–H and O–H groups in total. The van der Waals surface area contributed by atoms with Gasteiger partial charge in [-0.2, -0.15) is 0 Å². The Morgan fingerprint density at radius 2 is 2.33 bits per heavy atom. The Morgan fingerprint density at radius 1 is 1.61 bits per heavy atom. The molecule has 18 heavy (non-hydrogen) atoms. The van der Waals surface area contributed by atoms with Crippen LogP contribution in [0.3, 0.4) is 0 Å². The van der Waals surface area contributed by atoms with Gasteiger partial charge in [0.1, 0.15) is 0 Å². The molecule has 1 atom stereocenters. The number of carbonyl (C=O) groups excluding carboxylic acids is 1. The van der Waals surface area contributed by atoms with Crippen LogP contribution in [0.5, 0.6) is 0 Å². The number of methoxy groups -OCH3 is 1. The zero-order chi connectivity index (χ0) is 13.5. The van der Waals surface area contributed by atoms with Crippen LogP contribution in [-0.4, -0.2) is 37.4 Å². The zero-order valence-corrected chi connectivity index (χ0v) is 11.7. The lowest BCUT2D eigenvalue weighted by Gasteiger charge is -2.11. The summed E-state index contributed by atoms with van der Waals surface area (Å²) in [6.45, 7) is 0.629. The van der Waals surface area contributed by atoms with Crippen LogP contribution in [0, 0.1) is 0 Å². The predicted molar refractivity (Wildman–Crippen MR) is 73.4 cm³/mol. The fourth-order valence-corrected chi connectivity index (χ4v) is 1.81. The van der Waals surface area contributed by atoms with Crippen molar-refractivity contribution >= 4 is 27.5 Å². The summed E-state index contributed by atoms with van der Waals surface area (Å²) in [6.07, 6.45) is -0.136. The molecule has 0 aromatic heterocycles. The second-order valence-corrected chi connectivity index (χ2v) is 4.80. The normalized spacial score (nSPS) is 12.2. The van der Waals surface area contributed by atoms with Gasteiger partial charge in [0.15, 0.2) is 0 Å². The first kappa shape index (κ1) is 14.9. The van der Waals surface area contributed by atoms with E-state index in [1.807, 2.05) is 0 Å². The SMILES string of the molecule is COCC(O)CCNC(=O)c1cc(Br)ccc1N. The van der Waals surface area contributed by atoms with Crippen molar-refractivity contribution in [3.63, 3.8) is 0 Å². The molecule has 6 heteroatoms. The number of aliphatic hydroxyl groups excluding tert-OH is 1. The second kappa shape index (κ2) is 7.35. The third-order valence-electron chi connectivity index (χ3n) is 2.38. The number of hydrogen-bond acceptors (Lipinski definition) is 4. The first-order valence-corrected chi connectivity index (χ1v) is 6.34. The van der Waals surface area contributed by atoms with E-state index < -0.39 is 6.10 Å². The van der Waals surface area contributed by atoms with E-state index in [2.05, 4.69) is 21.2 Å². The van der Waals surface area contributed by atoms with E-state index in [1.165, 1.54) is 7.11 Å². The van der Waals surface area contributed by atoms with Gasteiger partial charge < -0.3 is 20.9 Å². The predicted octanol–water partition coefficient (Wildman–Crippen LogP) is 1.16. The Labute approximate surface area is 114 Å². The molecule has 1 amide bonds. The van der Waals surface area contributed by atoms with Gasteiger partial charge in [0.05, 0.1) is 18.3 Å². The highest BCUT2D eigenvalue weighted by atomic mass is 79.9. The van der Waals surface area contributed by atoms with Crippen molar-refractivity contribution < 1.29 is 14.6 Å². The van der Waals surface area contributed by atoms with Gasteiger partial charge in [-0.3, -0.25) is 4.79 Å². The lowest BCUT2D eigenvalue weighted by Crippen LogP contribution is -2.29. The van der Waals surface area contributed by atoms with E-state index in [9.17, 15) is 9.90 Å². The smallest absolute Gasteiger partial charge is 0.253 e. The van der Waals surface area contributed by atoms with Crippen LogP contribution in [0.25, 0.3) is 0 Å². The van der Waals surface area contributed by atoms with Gasteiger partial charge in [0, 0.05) is 23.8 Å². The van der Waals surface area contributed by atoms with Gasteiger partial charge >= 0.3 is 0 Å². The summed E-state index contributed by atoms with van der Waals surface area (Å²) in [6, 6.07) is 5.10. The number of hydrogen-bond donors (Lipinski definition) is 3. The summed E-state index contributed by atoms with van der Waals surface area (Å²) >= 11 is 3.28. The van der Waals surface area contributed by atoms with Gasteiger partial charge in [0.25, 0.3) is 5.91 Å². The number of nitrogens with one attached hydrogen (secondary N) is 1. The number of rotatable bonds is 6. The van der Waals surface area contributed by atoms with E-state index in [0.29, 0.717) is 24.2 Å². The molecular weight excluding hydrogens is 300 g/mol. The molecule has 1 unspecified atom stereocenters. The quantitative estimate of drug-likeness (QED) is 0.688. The minimum atomic E-state index is -0.574. The highest BCUT2D eigenvalue weighted by Gasteiger charge is 2.10. The summed E-state index contributed by atoms with van der Waals surface area (Å²) in [7, 11) is 1.52. The Morgan fingerprint density at radius 3 is 3.00 bits per heavy atom. The van der Waals surface area contributed by atoms with Crippen molar-refractivity contribution in [2.75, 3.05) is 26.0 Å². The van der Waals surface area contributed by atoms with Crippen LogP contribution in [0.2, 0.25) is 0 Å². The van der Waals surface area contributed by atoms with E-state index in [-0.39, 0.29) is 12.5 Å². The number of carbonyl (C=O) groups is 1. The molecule has 1 rings (SSSR count). The molecule has 0 aliphatic heterocycles. The highest BCUT2D eigenvalue weighted by Crippen LogP contribution is 2.18. The molecule has 1 aromatic rings. The minimum Gasteiger partial charge on any atom is -0.398 e.